The maximum absolute atomic E-state index is 13.3. The lowest BCUT2D eigenvalue weighted by molar-refractivity contribution is 0.415. The molecule has 0 unspecified atom stereocenters. The van der Waals surface area contributed by atoms with E-state index in [1.807, 2.05) is 72.8 Å². The monoisotopic (exact) mass is 352 g/mol. The standard InChI is InChI=1S/C24H16O3/c1-26-17-12-10-15(11-13-17)20-14-16-6-2-3-7-18(16)22-23(25)19-8-4-5-9-21(19)27-24(20)22/h2-14H,1H3. The summed E-state index contributed by atoms with van der Waals surface area (Å²) < 4.78 is 11.5. The van der Waals surface area contributed by atoms with Crippen molar-refractivity contribution in [1.82, 2.24) is 0 Å². The van der Waals surface area contributed by atoms with E-state index in [9.17, 15) is 4.79 Å². The Bertz CT molecular complexity index is 1360. The maximum Gasteiger partial charge on any atom is 0.201 e. The largest absolute Gasteiger partial charge is 0.497 e. The van der Waals surface area contributed by atoms with Gasteiger partial charge >= 0.3 is 0 Å². The topological polar surface area (TPSA) is 39.4 Å². The van der Waals surface area contributed by atoms with Gasteiger partial charge in [-0.1, -0.05) is 48.5 Å². The lowest BCUT2D eigenvalue weighted by Gasteiger charge is -2.11. The number of ether oxygens (including phenoxy) is 1. The van der Waals surface area contributed by atoms with Crippen LogP contribution in [0.5, 0.6) is 5.75 Å². The van der Waals surface area contributed by atoms with Crippen LogP contribution in [-0.4, -0.2) is 7.11 Å². The lowest BCUT2D eigenvalue weighted by atomic mass is 9.96. The van der Waals surface area contributed by atoms with Gasteiger partial charge in [0.05, 0.1) is 17.9 Å². The van der Waals surface area contributed by atoms with Gasteiger partial charge in [-0.2, -0.15) is 0 Å². The molecule has 3 heteroatoms. The first-order chi connectivity index (χ1) is 13.3. The van der Waals surface area contributed by atoms with Gasteiger partial charge in [0, 0.05) is 5.56 Å². The zero-order valence-electron chi connectivity index (χ0n) is 14.7. The van der Waals surface area contributed by atoms with Gasteiger partial charge in [0.1, 0.15) is 16.9 Å². The van der Waals surface area contributed by atoms with Crippen LogP contribution in [0.3, 0.4) is 0 Å². The molecule has 3 nitrogen and oxygen atoms in total. The second-order valence-electron chi connectivity index (χ2n) is 6.51. The molecule has 0 bridgehead atoms. The third-order valence-corrected chi connectivity index (χ3v) is 4.97. The van der Waals surface area contributed by atoms with Crippen molar-refractivity contribution < 1.29 is 9.15 Å². The van der Waals surface area contributed by atoms with Crippen LogP contribution in [0.4, 0.5) is 0 Å². The van der Waals surface area contributed by atoms with E-state index in [1.54, 1.807) is 7.11 Å². The predicted octanol–water partition coefficient (Wildman–Crippen LogP) is 5.78. The van der Waals surface area contributed by atoms with Crippen molar-refractivity contribution >= 4 is 32.7 Å². The summed E-state index contributed by atoms with van der Waals surface area (Å²) in [6.07, 6.45) is 0. The van der Waals surface area contributed by atoms with E-state index in [-0.39, 0.29) is 5.43 Å². The Morgan fingerprint density at radius 2 is 1.52 bits per heavy atom. The van der Waals surface area contributed by atoms with Crippen LogP contribution >= 0.6 is 0 Å². The molecule has 1 aromatic heterocycles. The molecule has 0 amide bonds. The minimum absolute atomic E-state index is 0.00147. The molecule has 4 aromatic carbocycles. The molecule has 0 aliphatic carbocycles. The lowest BCUT2D eigenvalue weighted by Crippen LogP contribution is -2.03. The fraction of sp³-hybridized carbons (Fsp3) is 0.0417. The molecular formula is C24H16O3. The Kier molecular flexibility index (Phi) is 3.47. The molecule has 130 valence electrons. The van der Waals surface area contributed by atoms with Crippen molar-refractivity contribution in [3.05, 3.63) is 89.1 Å². The van der Waals surface area contributed by atoms with E-state index in [0.29, 0.717) is 21.9 Å². The summed E-state index contributed by atoms with van der Waals surface area (Å²) >= 11 is 0. The van der Waals surface area contributed by atoms with Crippen molar-refractivity contribution in [2.45, 2.75) is 0 Å². The van der Waals surface area contributed by atoms with Gasteiger partial charge in [-0.15, -0.1) is 0 Å². The highest BCUT2D eigenvalue weighted by molar-refractivity contribution is 6.13. The van der Waals surface area contributed by atoms with Crippen molar-refractivity contribution in [2.24, 2.45) is 0 Å². The van der Waals surface area contributed by atoms with Crippen LogP contribution in [0.15, 0.2) is 88.1 Å². The highest BCUT2D eigenvalue weighted by atomic mass is 16.5. The van der Waals surface area contributed by atoms with Gasteiger partial charge in [-0.25, -0.2) is 0 Å². The smallest absolute Gasteiger partial charge is 0.201 e. The first-order valence-electron chi connectivity index (χ1n) is 8.78. The van der Waals surface area contributed by atoms with Crippen LogP contribution in [-0.2, 0) is 0 Å². The molecule has 0 fully saturated rings. The number of methoxy groups -OCH3 is 1. The molecule has 0 radical (unpaired) electrons. The molecule has 0 saturated carbocycles. The van der Waals surface area contributed by atoms with E-state index in [1.165, 1.54) is 0 Å². The normalized spacial score (nSPS) is 11.3. The number of fused-ring (bicyclic) bond motifs is 4. The molecule has 0 aliphatic heterocycles. The minimum Gasteiger partial charge on any atom is -0.497 e. The summed E-state index contributed by atoms with van der Waals surface area (Å²) in [5.74, 6) is 0.788. The van der Waals surface area contributed by atoms with Crippen LogP contribution in [0.25, 0.3) is 43.8 Å². The Morgan fingerprint density at radius 3 is 2.30 bits per heavy atom. The molecule has 0 atom stereocenters. The van der Waals surface area contributed by atoms with Gasteiger partial charge < -0.3 is 9.15 Å². The summed E-state index contributed by atoms with van der Waals surface area (Å²) in [4.78, 5) is 13.3. The second-order valence-corrected chi connectivity index (χ2v) is 6.51. The van der Waals surface area contributed by atoms with Gasteiger partial charge in [0.25, 0.3) is 0 Å². The van der Waals surface area contributed by atoms with E-state index in [0.717, 1.165) is 27.6 Å². The van der Waals surface area contributed by atoms with E-state index in [4.69, 9.17) is 9.15 Å². The molecule has 0 spiro atoms. The van der Waals surface area contributed by atoms with Crippen molar-refractivity contribution in [3.63, 3.8) is 0 Å². The Hall–Kier alpha value is -3.59. The first kappa shape index (κ1) is 15.6. The summed E-state index contributed by atoms with van der Waals surface area (Å²) in [7, 11) is 1.64. The number of benzene rings is 4. The summed E-state index contributed by atoms with van der Waals surface area (Å²) in [6.45, 7) is 0. The molecule has 5 aromatic rings. The zero-order chi connectivity index (χ0) is 18.4. The van der Waals surface area contributed by atoms with Crippen molar-refractivity contribution in [2.75, 3.05) is 7.11 Å². The third kappa shape index (κ3) is 2.40. The number of rotatable bonds is 2. The zero-order valence-corrected chi connectivity index (χ0v) is 14.7. The fourth-order valence-corrected chi connectivity index (χ4v) is 3.63. The number of hydrogen-bond acceptors (Lipinski definition) is 3. The quantitative estimate of drug-likeness (QED) is 0.299. The third-order valence-electron chi connectivity index (χ3n) is 4.97. The highest BCUT2D eigenvalue weighted by Crippen LogP contribution is 2.35. The minimum atomic E-state index is -0.00147. The Morgan fingerprint density at radius 1 is 0.815 bits per heavy atom. The Balaban J connectivity index is 1.98. The fourth-order valence-electron chi connectivity index (χ4n) is 3.63. The summed E-state index contributed by atoms with van der Waals surface area (Å²) in [5.41, 5.74) is 3.08. The van der Waals surface area contributed by atoms with Crippen LogP contribution in [0.1, 0.15) is 0 Å². The van der Waals surface area contributed by atoms with E-state index >= 15 is 0 Å². The van der Waals surface area contributed by atoms with Crippen molar-refractivity contribution in [1.29, 1.82) is 0 Å². The molecule has 5 rings (SSSR count). The number of para-hydroxylation sites is 1. The second kappa shape index (κ2) is 5.99. The molecule has 1 heterocycles. The maximum atomic E-state index is 13.3. The molecule has 27 heavy (non-hydrogen) atoms. The van der Waals surface area contributed by atoms with Gasteiger partial charge in [-0.3, -0.25) is 4.79 Å². The van der Waals surface area contributed by atoms with Crippen LogP contribution in [0.2, 0.25) is 0 Å². The van der Waals surface area contributed by atoms with Gasteiger partial charge in [0.2, 0.25) is 5.43 Å². The number of hydrogen-bond donors (Lipinski definition) is 0. The summed E-state index contributed by atoms with van der Waals surface area (Å²) in [6, 6.07) is 25.2. The molecule has 0 aliphatic rings. The average Bonchev–Trinajstić information content (AvgIpc) is 2.73. The van der Waals surface area contributed by atoms with Crippen molar-refractivity contribution in [3.8, 4) is 16.9 Å². The van der Waals surface area contributed by atoms with E-state index < -0.39 is 0 Å². The molecular weight excluding hydrogens is 336 g/mol. The van der Waals surface area contributed by atoms with Gasteiger partial charge in [-0.05, 0) is 46.7 Å². The van der Waals surface area contributed by atoms with Gasteiger partial charge in [0.15, 0.2) is 0 Å². The average molecular weight is 352 g/mol. The molecule has 0 saturated heterocycles. The first-order valence-corrected chi connectivity index (χ1v) is 8.78. The van der Waals surface area contributed by atoms with Crippen LogP contribution < -0.4 is 10.2 Å². The van der Waals surface area contributed by atoms with E-state index in [2.05, 4.69) is 6.07 Å². The van der Waals surface area contributed by atoms with Crippen LogP contribution in [0, 0.1) is 0 Å². The highest BCUT2D eigenvalue weighted by Gasteiger charge is 2.16. The molecule has 0 N–H and O–H groups in total. The summed E-state index contributed by atoms with van der Waals surface area (Å²) in [5, 5.41) is 3.14. The SMILES string of the molecule is COc1ccc(-c2cc3ccccc3c3c(=O)c4ccccc4oc23)cc1. The Labute approximate surface area is 155 Å². The predicted molar refractivity (Wildman–Crippen MR) is 109 cm³/mol.